The van der Waals surface area contributed by atoms with Gasteiger partial charge in [0.15, 0.2) is 0 Å². The standard InChI is InChI=1S/C2H7NO7P2/c3-2-1-8-12(7,9-2)10-11(4,5)6/h2H,1,3H2,(H2,4,5,6). The van der Waals surface area contributed by atoms with Crippen LogP contribution in [0.15, 0.2) is 0 Å². The van der Waals surface area contributed by atoms with Crippen LogP contribution in [0.25, 0.3) is 0 Å². The van der Waals surface area contributed by atoms with Crippen LogP contribution in [-0.4, -0.2) is 22.6 Å². The van der Waals surface area contributed by atoms with E-state index in [0.717, 1.165) is 0 Å². The van der Waals surface area contributed by atoms with Gasteiger partial charge in [-0.3, -0.25) is 9.05 Å². The third-order valence-electron chi connectivity index (χ3n) is 0.868. The van der Waals surface area contributed by atoms with E-state index in [0.29, 0.717) is 0 Å². The van der Waals surface area contributed by atoms with Crippen molar-refractivity contribution in [1.29, 1.82) is 0 Å². The fourth-order valence-electron chi connectivity index (χ4n) is 0.565. The Bertz CT molecular complexity index is 258. The van der Waals surface area contributed by atoms with Crippen LogP contribution in [0.3, 0.4) is 0 Å². The van der Waals surface area contributed by atoms with Gasteiger partial charge in [-0.15, -0.1) is 0 Å². The summed E-state index contributed by atoms with van der Waals surface area (Å²) >= 11 is 0. The third kappa shape index (κ3) is 2.93. The van der Waals surface area contributed by atoms with Crippen molar-refractivity contribution in [1.82, 2.24) is 0 Å². The molecule has 0 aromatic carbocycles. The van der Waals surface area contributed by atoms with Crippen molar-refractivity contribution >= 4 is 15.6 Å². The second-order valence-corrected chi connectivity index (χ2v) is 4.96. The summed E-state index contributed by atoms with van der Waals surface area (Å²) in [7, 11) is -9.01. The maximum absolute atomic E-state index is 11.0. The Balaban J connectivity index is 2.64. The van der Waals surface area contributed by atoms with Crippen LogP contribution >= 0.6 is 15.6 Å². The normalized spacial score (nSPS) is 37.1. The van der Waals surface area contributed by atoms with Crippen molar-refractivity contribution in [2.75, 3.05) is 6.61 Å². The van der Waals surface area contributed by atoms with Gasteiger partial charge in [-0.1, -0.05) is 0 Å². The Morgan fingerprint density at radius 1 is 1.67 bits per heavy atom. The van der Waals surface area contributed by atoms with Gasteiger partial charge in [0.25, 0.3) is 0 Å². The third-order valence-corrected chi connectivity index (χ3v) is 3.51. The monoisotopic (exact) mass is 219 g/mol. The Morgan fingerprint density at radius 3 is 2.58 bits per heavy atom. The quantitative estimate of drug-likeness (QED) is 0.532. The first kappa shape index (κ1) is 10.3. The summed E-state index contributed by atoms with van der Waals surface area (Å²) in [5.41, 5.74) is 5.08. The van der Waals surface area contributed by atoms with Crippen molar-refractivity contribution in [3.05, 3.63) is 0 Å². The molecule has 0 spiro atoms. The highest BCUT2D eigenvalue weighted by molar-refractivity contribution is 7.61. The molecule has 1 heterocycles. The van der Waals surface area contributed by atoms with Crippen molar-refractivity contribution in [2.45, 2.75) is 6.23 Å². The fraction of sp³-hybridized carbons (Fsp3) is 1.00. The lowest BCUT2D eigenvalue weighted by Crippen LogP contribution is -2.20. The summed E-state index contributed by atoms with van der Waals surface area (Å²) < 4.78 is 33.6. The molecule has 4 N–H and O–H groups in total. The van der Waals surface area contributed by atoms with Gasteiger partial charge in [-0.05, 0) is 0 Å². The van der Waals surface area contributed by atoms with Gasteiger partial charge in [0, 0.05) is 0 Å². The molecule has 1 saturated heterocycles. The molecule has 2 unspecified atom stereocenters. The van der Waals surface area contributed by atoms with Crippen LogP contribution in [0.2, 0.25) is 0 Å². The van der Waals surface area contributed by atoms with Crippen molar-refractivity contribution < 1.29 is 32.3 Å². The van der Waals surface area contributed by atoms with Crippen LogP contribution < -0.4 is 5.73 Å². The van der Waals surface area contributed by atoms with E-state index in [9.17, 15) is 9.13 Å². The summed E-state index contributed by atoms with van der Waals surface area (Å²) in [6.07, 6.45) is -0.984. The van der Waals surface area contributed by atoms with Crippen molar-refractivity contribution in [2.24, 2.45) is 5.73 Å². The molecule has 1 rings (SSSR count). The minimum absolute atomic E-state index is 0.225. The predicted octanol–water partition coefficient (Wildman–Crippen LogP) is -0.465. The first-order valence-corrected chi connectivity index (χ1v) is 5.75. The van der Waals surface area contributed by atoms with Crippen molar-refractivity contribution in [3.63, 3.8) is 0 Å². The van der Waals surface area contributed by atoms with E-state index in [1.54, 1.807) is 0 Å². The lowest BCUT2D eigenvalue weighted by atomic mass is 10.7. The van der Waals surface area contributed by atoms with Crippen LogP contribution in [0, 0.1) is 0 Å². The molecule has 0 bridgehead atoms. The Kier molecular flexibility index (Phi) is 2.72. The molecule has 2 atom stereocenters. The Labute approximate surface area is 67.5 Å². The first-order chi connectivity index (χ1) is 5.31. The molecule has 1 fully saturated rings. The van der Waals surface area contributed by atoms with E-state index in [1.807, 2.05) is 0 Å². The minimum Gasteiger partial charge on any atom is -0.304 e. The summed E-state index contributed by atoms with van der Waals surface area (Å²) in [5.74, 6) is 0. The molecule has 72 valence electrons. The molecule has 1 aliphatic rings. The van der Waals surface area contributed by atoms with Gasteiger partial charge in [-0.25, -0.2) is 9.13 Å². The fourth-order valence-corrected chi connectivity index (χ4v) is 2.73. The van der Waals surface area contributed by atoms with Crippen LogP contribution in [-0.2, 0) is 22.5 Å². The average Bonchev–Trinajstić information content (AvgIpc) is 2.05. The summed E-state index contributed by atoms with van der Waals surface area (Å²) in [6, 6.07) is 0. The molecule has 10 heteroatoms. The predicted molar refractivity (Wildman–Crippen MR) is 35.7 cm³/mol. The topological polar surface area (TPSA) is 128 Å². The Morgan fingerprint density at radius 2 is 2.25 bits per heavy atom. The van der Waals surface area contributed by atoms with Crippen LogP contribution in [0.4, 0.5) is 0 Å². The summed E-state index contributed by atoms with van der Waals surface area (Å²) in [6.45, 7) is -0.225. The smallest absolute Gasteiger partial charge is 0.304 e. The van der Waals surface area contributed by atoms with Gasteiger partial charge in [0.05, 0.1) is 6.61 Å². The van der Waals surface area contributed by atoms with Crippen LogP contribution in [0.1, 0.15) is 0 Å². The van der Waals surface area contributed by atoms with Gasteiger partial charge in [0.2, 0.25) is 0 Å². The van der Waals surface area contributed by atoms with Gasteiger partial charge < -0.3 is 15.5 Å². The van der Waals surface area contributed by atoms with Crippen LogP contribution in [0.5, 0.6) is 0 Å². The molecule has 0 amide bonds. The minimum atomic E-state index is -4.88. The number of phosphoric acid groups is 2. The maximum Gasteiger partial charge on any atom is 0.485 e. The SMILES string of the molecule is NC1COP(=O)(OP(=O)(O)O)O1. The molecular formula is C2H7NO7P2. The molecule has 12 heavy (non-hydrogen) atoms. The van der Waals surface area contributed by atoms with Crippen molar-refractivity contribution in [3.8, 4) is 0 Å². The van der Waals surface area contributed by atoms with E-state index in [4.69, 9.17) is 15.5 Å². The lowest BCUT2D eigenvalue weighted by molar-refractivity contribution is 0.201. The summed E-state index contributed by atoms with van der Waals surface area (Å²) in [4.78, 5) is 16.5. The molecule has 0 aromatic rings. The average molecular weight is 219 g/mol. The molecule has 0 aliphatic carbocycles. The van der Waals surface area contributed by atoms with E-state index in [2.05, 4.69) is 13.4 Å². The Hall–Kier alpha value is 0.220. The largest absolute Gasteiger partial charge is 0.485 e. The van der Waals surface area contributed by atoms with E-state index in [1.165, 1.54) is 0 Å². The van der Waals surface area contributed by atoms with E-state index in [-0.39, 0.29) is 6.61 Å². The maximum atomic E-state index is 11.0. The number of hydrogen-bond donors (Lipinski definition) is 3. The highest BCUT2D eigenvalue weighted by Gasteiger charge is 2.42. The van der Waals surface area contributed by atoms with Gasteiger partial charge >= 0.3 is 15.6 Å². The zero-order chi connectivity index (χ0) is 9.41. The second kappa shape index (κ2) is 3.17. The molecular weight excluding hydrogens is 212 g/mol. The number of phosphoric ester groups is 1. The van der Waals surface area contributed by atoms with E-state index >= 15 is 0 Å². The first-order valence-electron chi connectivity index (χ1n) is 2.76. The second-order valence-electron chi connectivity index (χ2n) is 1.96. The molecule has 8 nitrogen and oxygen atoms in total. The number of nitrogens with two attached hydrogens (primary N) is 1. The molecule has 0 radical (unpaired) electrons. The lowest BCUT2D eigenvalue weighted by Gasteiger charge is -2.09. The summed E-state index contributed by atoms with van der Waals surface area (Å²) in [5, 5.41) is 0. The molecule has 0 saturated carbocycles. The molecule has 1 aliphatic heterocycles. The number of hydrogen-bond acceptors (Lipinski definition) is 6. The van der Waals surface area contributed by atoms with Gasteiger partial charge in [-0.2, -0.15) is 4.31 Å². The molecule has 0 aromatic heterocycles. The zero-order valence-electron chi connectivity index (χ0n) is 5.69. The highest BCUT2D eigenvalue weighted by Crippen LogP contribution is 2.63. The zero-order valence-corrected chi connectivity index (χ0v) is 7.48. The highest BCUT2D eigenvalue weighted by atomic mass is 31.3. The number of rotatable bonds is 2. The van der Waals surface area contributed by atoms with Gasteiger partial charge in [0.1, 0.15) is 6.23 Å². The van der Waals surface area contributed by atoms with E-state index < -0.39 is 21.9 Å².